The molecule has 0 saturated carbocycles. The van der Waals surface area contributed by atoms with Crippen LogP contribution in [-0.4, -0.2) is 16.5 Å². The SMILES string of the molecule is CSc1n[nH]c(N)c1CN. The number of rotatable bonds is 2. The van der Waals surface area contributed by atoms with Crippen molar-refractivity contribution in [2.24, 2.45) is 5.73 Å². The van der Waals surface area contributed by atoms with Crippen LogP contribution in [0.2, 0.25) is 0 Å². The highest BCUT2D eigenvalue weighted by molar-refractivity contribution is 7.98. The van der Waals surface area contributed by atoms with Gasteiger partial charge in [0.25, 0.3) is 0 Å². The number of hydrogen-bond donors (Lipinski definition) is 3. The summed E-state index contributed by atoms with van der Waals surface area (Å²) < 4.78 is 0. The third-order valence-corrected chi connectivity index (χ3v) is 1.98. The van der Waals surface area contributed by atoms with Gasteiger partial charge in [0.1, 0.15) is 10.8 Å². The molecule has 1 aromatic heterocycles. The molecule has 0 radical (unpaired) electrons. The molecule has 0 unspecified atom stereocenters. The van der Waals surface area contributed by atoms with E-state index in [-0.39, 0.29) is 0 Å². The van der Waals surface area contributed by atoms with Crippen molar-refractivity contribution in [3.63, 3.8) is 0 Å². The molecule has 4 nitrogen and oxygen atoms in total. The number of hydrogen-bond acceptors (Lipinski definition) is 4. The van der Waals surface area contributed by atoms with E-state index in [4.69, 9.17) is 11.5 Å². The lowest BCUT2D eigenvalue weighted by atomic mass is 10.3. The van der Waals surface area contributed by atoms with Gasteiger partial charge in [-0.15, -0.1) is 11.8 Å². The highest BCUT2D eigenvalue weighted by atomic mass is 32.2. The Morgan fingerprint density at radius 2 is 2.40 bits per heavy atom. The Kier molecular flexibility index (Phi) is 2.18. The molecule has 0 spiro atoms. The van der Waals surface area contributed by atoms with Crippen LogP contribution >= 0.6 is 11.8 Å². The van der Waals surface area contributed by atoms with Gasteiger partial charge in [0, 0.05) is 12.1 Å². The van der Waals surface area contributed by atoms with Gasteiger partial charge in [-0.25, -0.2) is 0 Å². The van der Waals surface area contributed by atoms with E-state index in [2.05, 4.69) is 10.2 Å². The normalized spacial score (nSPS) is 10.2. The number of aromatic nitrogens is 2. The number of nitrogens with zero attached hydrogens (tertiary/aromatic N) is 1. The summed E-state index contributed by atoms with van der Waals surface area (Å²) in [6.07, 6.45) is 1.94. The van der Waals surface area contributed by atoms with E-state index in [1.807, 2.05) is 6.26 Å². The van der Waals surface area contributed by atoms with Crippen LogP contribution in [0.15, 0.2) is 5.03 Å². The Bertz CT molecular complexity index is 219. The summed E-state index contributed by atoms with van der Waals surface area (Å²) in [6, 6.07) is 0. The fourth-order valence-corrected chi connectivity index (χ4v) is 1.30. The fraction of sp³-hybridized carbons (Fsp3) is 0.400. The quantitative estimate of drug-likeness (QED) is 0.536. The third kappa shape index (κ3) is 1.10. The van der Waals surface area contributed by atoms with Gasteiger partial charge in [0.05, 0.1) is 0 Å². The first-order valence-electron chi connectivity index (χ1n) is 2.86. The molecule has 0 atom stereocenters. The molecular weight excluding hydrogens is 148 g/mol. The minimum absolute atomic E-state index is 0.443. The lowest BCUT2D eigenvalue weighted by Crippen LogP contribution is -2.00. The smallest absolute Gasteiger partial charge is 0.124 e. The summed E-state index contributed by atoms with van der Waals surface area (Å²) in [5, 5.41) is 7.49. The third-order valence-electron chi connectivity index (χ3n) is 1.26. The molecule has 0 aromatic carbocycles. The summed E-state index contributed by atoms with van der Waals surface area (Å²) in [5.41, 5.74) is 11.8. The van der Waals surface area contributed by atoms with Crippen molar-refractivity contribution >= 4 is 17.6 Å². The number of anilines is 1. The standard InChI is InChI=1S/C5H10N4S/c1-10-5-3(2-6)4(7)8-9-5/h2,6H2,1H3,(H3,7,8,9). The molecular formula is C5H10N4S. The van der Waals surface area contributed by atoms with Crippen LogP contribution < -0.4 is 11.5 Å². The summed E-state index contributed by atoms with van der Waals surface area (Å²) in [5.74, 6) is 0.576. The molecule has 0 amide bonds. The predicted octanol–water partition coefficient (Wildman–Crippen LogP) is 0.172. The van der Waals surface area contributed by atoms with Crippen molar-refractivity contribution in [1.29, 1.82) is 0 Å². The van der Waals surface area contributed by atoms with Gasteiger partial charge in [-0.2, -0.15) is 5.10 Å². The summed E-state index contributed by atoms with van der Waals surface area (Å²) in [7, 11) is 0. The second-order valence-corrected chi connectivity index (χ2v) is 2.62. The molecule has 0 saturated heterocycles. The van der Waals surface area contributed by atoms with Crippen molar-refractivity contribution in [2.45, 2.75) is 11.6 Å². The maximum Gasteiger partial charge on any atom is 0.124 e. The van der Waals surface area contributed by atoms with Gasteiger partial charge in [0.2, 0.25) is 0 Å². The van der Waals surface area contributed by atoms with Crippen molar-refractivity contribution in [3.8, 4) is 0 Å². The molecule has 0 aliphatic carbocycles. The van der Waals surface area contributed by atoms with E-state index in [1.54, 1.807) is 0 Å². The van der Waals surface area contributed by atoms with Crippen molar-refractivity contribution in [1.82, 2.24) is 10.2 Å². The van der Waals surface area contributed by atoms with E-state index in [1.165, 1.54) is 11.8 Å². The molecule has 0 bridgehead atoms. The van der Waals surface area contributed by atoms with E-state index >= 15 is 0 Å². The molecule has 0 fully saturated rings. The molecule has 5 N–H and O–H groups in total. The minimum atomic E-state index is 0.443. The first-order valence-corrected chi connectivity index (χ1v) is 4.08. The number of nitrogens with two attached hydrogens (primary N) is 2. The van der Waals surface area contributed by atoms with Gasteiger partial charge in [-0.05, 0) is 6.26 Å². The molecule has 56 valence electrons. The summed E-state index contributed by atoms with van der Waals surface area (Å²) in [4.78, 5) is 0. The van der Waals surface area contributed by atoms with E-state index in [0.29, 0.717) is 12.4 Å². The second-order valence-electron chi connectivity index (χ2n) is 1.83. The number of thioether (sulfide) groups is 1. The number of aromatic amines is 1. The van der Waals surface area contributed by atoms with Gasteiger partial charge < -0.3 is 11.5 Å². The molecule has 0 aliphatic rings. The first-order chi connectivity index (χ1) is 4.79. The second kappa shape index (κ2) is 2.94. The minimum Gasteiger partial charge on any atom is -0.384 e. The average Bonchev–Trinajstić information content (AvgIpc) is 2.30. The van der Waals surface area contributed by atoms with Crippen LogP contribution in [0.1, 0.15) is 5.56 Å². The van der Waals surface area contributed by atoms with Crippen LogP contribution in [0.4, 0.5) is 5.82 Å². The van der Waals surface area contributed by atoms with E-state index < -0.39 is 0 Å². The Morgan fingerprint density at radius 3 is 2.80 bits per heavy atom. The van der Waals surface area contributed by atoms with Crippen molar-refractivity contribution < 1.29 is 0 Å². The zero-order chi connectivity index (χ0) is 7.56. The van der Waals surface area contributed by atoms with Crippen LogP contribution in [0.5, 0.6) is 0 Å². The average molecular weight is 158 g/mol. The summed E-state index contributed by atoms with van der Waals surface area (Å²) in [6.45, 7) is 0.443. The van der Waals surface area contributed by atoms with Crippen molar-refractivity contribution in [3.05, 3.63) is 5.56 Å². The van der Waals surface area contributed by atoms with Crippen LogP contribution in [-0.2, 0) is 6.54 Å². The Morgan fingerprint density at radius 1 is 1.70 bits per heavy atom. The Balaban J connectivity index is 3.01. The topological polar surface area (TPSA) is 80.7 Å². The van der Waals surface area contributed by atoms with Crippen molar-refractivity contribution in [2.75, 3.05) is 12.0 Å². The highest BCUT2D eigenvalue weighted by Gasteiger charge is 2.06. The maximum absolute atomic E-state index is 5.52. The lowest BCUT2D eigenvalue weighted by molar-refractivity contribution is 0.972. The first kappa shape index (κ1) is 7.43. The molecule has 10 heavy (non-hydrogen) atoms. The lowest BCUT2D eigenvalue weighted by Gasteiger charge is -1.93. The van der Waals surface area contributed by atoms with Gasteiger partial charge >= 0.3 is 0 Å². The molecule has 1 heterocycles. The largest absolute Gasteiger partial charge is 0.384 e. The van der Waals surface area contributed by atoms with Gasteiger partial charge in [0.15, 0.2) is 0 Å². The fourth-order valence-electron chi connectivity index (χ4n) is 0.727. The zero-order valence-electron chi connectivity index (χ0n) is 5.72. The van der Waals surface area contributed by atoms with Crippen LogP contribution in [0, 0.1) is 0 Å². The zero-order valence-corrected chi connectivity index (χ0v) is 6.53. The number of nitrogens with one attached hydrogen (secondary N) is 1. The van der Waals surface area contributed by atoms with Crippen LogP contribution in [0.3, 0.4) is 0 Å². The highest BCUT2D eigenvalue weighted by Crippen LogP contribution is 2.20. The maximum atomic E-state index is 5.52. The van der Waals surface area contributed by atoms with E-state index in [9.17, 15) is 0 Å². The molecule has 1 aromatic rings. The van der Waals surface area contributed by atoms with Gasteiger partial charge in [-0.3, -0.25) is 5.10 Å². The predicted molar refractivity (Wildman–Crippen MR) is 42.7 cm³/mol. The molecule has 0 aliphatic heterocycles. The Hall–Kier alpha value is -0.680. The molecule has 5 heteroatoms. The molecule has 1 rings (SSSR count). The summed E-state index contributed by atoms with van der Waals surface area (Å²) >= 11 is 1.54. The van der Waals surface area contributed by atoms with Gasteiger partial charge in [-0.1, -0.05) is 0 Å². The monoisotopic (exact) mass is 158 g/mol. The number of H-pyrrole nitrogens is 1. The Labute approximate surface area is 63.4 Å². The van der Waals surface area contributed by atoms with Crippen LogP contribution in [0.25, 0.3) is 0 Å². The number of nitrogen functional groups attached to an aromatic ring is 1. The van der Waals surface area contributed by atoms with E-state index in [0.717, 1.165) is 10.6 Å².